The molecule has 196 valence electrons. The molecule has 0 bridgehead atoms. The summed E-state index contributed by atoms with van der Waals surface area (Å²) in [7, 11) is 0. The minimum Gasteiger partial charge on any atom is -0.459 e. The van der Waals surface area contributed by atoms with Gasteiger partial charge in [-0.25, -0.2) is 4.79 Å². The second kappa shape index (κ2) is 8.80. The molecule has 0 spiro atoms. The third-order valence-corrected chi connectivity index (χ3v) is 10.6. The highest BCUT2D eigenvalue weighted by Gasteiger charge is 2.76. The molecule has 0 radical (unpaired) electrons. The molecular weight excluding hydrogens is 456 g/mol. The number of ether oxygens (including phenoxy) is 1. The minimum absolute atomic E-state index is 0.300. The number of aliphatic hydroxyl groups is 4. The molecule has 0 amide bonds. The van der Waals surface area contributed by atoms with Gasteiger partial charge in [-0.05, 0) is 68.9 Å². The number of hydrogen-bond acceptors (Lipinski definition) is 6. The number of carbonyl (C=O) groups is 1. The maximum absolute atomic E-state index is 12.6. The minimum atomic E-state index is -1.52. The molecule has 6 heteroatoms. The fourth-order valence-electron chi connectivity index (χ4n) is 8.46. The van der Waals surface area contributed by atoms with Crippen molar-refractivity contribution in [2.24, 2.45) is 22.7 Å². The van der Waals surface area contributed by atoms with Crippen LogP contribution >= 0.6 is 0 Å². The Morgan fingerprint density at radius 1 is 1.11 bits per heavy atom. The standard InChI is InChI=1S/C30H40O6/c1-19(36-26(33)10-9-20-7-5-4-6-8-20)23-13-16-30(35)28(23,3)25(32)18-24-27(2)14-12-22(31)17-21(27)11-15-29(24,30)34/h4-11,19,22-25,31-32,34-35H,12-18H2,1-3H3/t19-,22-,23-,24+,25+,27-,28-,29-,30+/m0/s1. The fraction of sp³-hybridized carbons (Fsp3) is 0.633. The van der Waals surface area contributed by atoms with Crippen molar-refractivity contribution in [3.63, 3.8) is 0 Å². The maximum atomic E-state index is 12.6. The van der Waals surface area contributed by atoms with Gasteiger partial charge in [0, 0.05) is 23.3 Å². The lowest BCUT2D eigenvalue weighted by atomic mass is 9.43. The molecule has 1 aromatic carbocycles. The van der Waals surface area contributed by atoms with Crippen LogP contribution in [0.3, 0.4) is 0 Å². The van der Waals surface area contributed by atoms with Crippen LogP contribution in [0.25, 0.3) is 6.08 Å². The van der Waals surface area contributed by atoms with Crippen LogP contribution in [0.4, 0.5) is 0 Å². The van der Waals surface area contributed by atoms with Crippen LogP contribution in [0.15, 0.2) is 48.1 Å². The molecule has 3 fully saturated rings. The van der Waals surface area contributed by atoms with E-state index in [0.717, 1.165) is 17.6 Å². The molecule has 1 aromatic rings. The Bertz CT molecular complexity index is 1070. The molecular formula is C30H40O6. The highest BCUT2D eigenvalue weighted by molar-refractivity contribution is 5.87. The normalized spacial score (nSPS) is 44.8. The number of benzene rings is 1. The molecule has 0 heterocycles. The van der Waals surface area contributed by atoms with Crippen LogP contribution in [0.2, 0.25) is 0 Å². The van der Waals surface area contributed by atoms with E-state index in [4.69, 9.17) is 4.74 Å². The third kappa shape index (κ3) is 3.56. The predicted molar refractivity (Wildman–Crippen MR) is 137 cm³/mol. The van der Waals surface area contributed by atoms with E-state index in [1.54, 1.807) is 6.08 Å². The van der Waals surface area contributed by atoms with Crippen molar-refractivity contribution in [1.29, 1.82) is 0 Å². The van der Waals surface area contributed by atoms with Crippen molar-refractivity contribution < 1.29 is 30.0 Å². The second-order valence-electron chi connectivity index (χ2n) is 12.2. The van der Waals surface area contributed by atoms with Crippen LogP contribution in [-0.4, -0.2) is 55.9 Å². The first kappa shape index (κ1) is 25.7. The topological polar surface area (TPSA) is 107 Å². The Balaban J connectivity index is 1.40. The fourth-order valence-corrected chi connectivity index (χ4v) is 8.46. The quantitative estimate of drug-likeness (QED) is 0.287. The van der Waals surface area contributed by atoms with Gasteiger partial charge in [-0.2, -0.15) is 0 Å². The van der Waals surface area contributed by atoms with Crippen molar-refractivity contribution in [2.45, 2.75) is 95.2 Å². The predicted octanol–water partition coefficient (Wildman–Crippen LogP) is 3.77. The zero-order chi connectivity index (χ0) is 25.9. The Morgan fingerprint density at radius 2 is 1.83 bits per heavy atom. The molecule has 9 atom stereocenters. The Kier molecular flexibility index (Phi) is 6.27. The van der Waals surface area contributed by atoms with E-state index < -0.39 is 34.8 Å². The summed E-state index contributed by atoms with van der Waals surface area (Å²) in [6.07, 6.45) is 6.87. The molecule has 0 saturated heterocycles. The van der Waals surface area contributed by atoms with Crippen molar-refractivity contribution in [3.05, 3.63) is 53.6 Å². The van der Waals surface area contributed by atoms with E-state index in [0.29, 0.717) is 38.5 Å². The molecule has 6 nitrogen and oxygen atoms in total. The summed E-state index contributed by atoms with van der Waals surface area (Å²) in [5.74, 6) is -1.08. The first-order valence-corrected chi connectivity index (χ1v) is 13.4. The molecule has 5 rings (SSSR count). The van der Waals surface area contributed by atoms with Gasteiger partial charge < -0.3 is 25.2 Å². The summed E-state index contributed by atoms with van der Waals surface area (Å²) in [6, 6.07) is 9.51. The van der Waals surface area contributed by atoms with E-state index in [1.165, 1.54) is 6.08 Å². The highest BCUT2D eigenvalue weighted by Crippen LogP contribution is 2.69. The number of rotatable bonds is 4. The molecule has 0 unspecified atom stereocenters. The zero-order valence-corrected chi connectivity index (χ0v) is 21.6. The second-order valence-corrected chi connectivity index (χ2v) is 12.2. The summed E-state index contributed by atoms with van der Waals surface area (Å²) in [4.78, 5) is 12.6. The average molecular weight is 497 g/mol. The Morgan fingerprint density at radius 3 is 2.56 bits per heavy atom. The number of esters is 1. The van der Waals surface area contributed by atoms with Crippen molar-refractivity contribution in [3.8, 4) is 0 Å². The van der Waals surface area contributed by atoms with Gasteiger partial charge in [0.1, 0.15) is 17.3 Å². The number of aliphatic hydroxyl groups excluding tert-OH is 2. The first-order chi connectivity index (χ1) is 17.0. The van der Waals surface area contributed by atoms with E-state index >= 15 is 0 Å². The third-order valence-electron chi connectivity index (χ3n) is 10.6. The smallest absolute Gasteiger partial charge is 0.331 e. The van der Waals surface area contributed by atoms with Crippen LogP contribution in [0, 0.1) is 22.7 Å². The largest absolute Gasteiger partial charge is 0.459 e. The van der Waals surface area contributed by atoms with Gasteiger partial charge in [0.05, 0.1) is 12.2 Å². The van der Waals surface area contributed by atoms with Gasteiger partial charge in [-0.1, -0.05) is 55.8 Å². The summed E-state index contributed by atoms with van der Waals surface area (Å²) in [5.41, 5.74) is -2.28. The zero-order valence-electron chi connectivity index (χ0n) is 21.6. The molecule has 0 aromatic heterocycles. The summed E-state index contributed by atoms with van der Waals surface area (Å²) >= 11 is 0. The van der Waals surface area contributed by atoms with Crippen molar-refractivity contribution in [1.82, 2.24) is 0 Å². The summed E-state index contributed by atoms with van der Waals surface area (Å²) in [5, 5.41) is 46.5. The first-order valence-electron chi connectivity index (χ1n) is 13.4. The number of hydrogen-bond donors (Lipinski definition) is 4. The molecule has 0 aliphatic heterocycles. The van der Waals surface area contributed by atoms with Gasteiger partial charge in [-0.15, -0.1) is 0 Å². The molecule has 4 aliphatic rings. The van der Waals surface area contributed by atoms with E-state index in [9.17, 15) is 25.2 Å². The number of carbonyl (C=O) groups excluding carboxylic acids is 1. The summed E-state index contributed by atoms with van der Waals surface area (Å²) in [6.45, 7) is 5.80. The van der Waals surface area contributed by atoms with Crippen LogP contribution in [0.1, 0.15) is 71.3 Å². The molecule has 3 saturated carbocycles. The Hall–Kier alpha value is -1.99. The molecule has 36 heavy (non-hydrogen) atoms. The van der Waals surface area contributed by atoms with Crippen LogP contribution in [-0.2, 0) is 9.53 Å². The van der Waals surface area contributed by atoms with E-state index in [2.05, 4.69) is 6.92 Å². The SMILES string of the molecule is C[C@H](OC(=O)C=Cc1ccccc1)[C@@H]1CC[C@@]2(O)[C@]1(C)[C@H](O)C[C@@H]1[C@@]3(C)CC[C@H](O)CC3=CC[C@]12O. The van der Waals surface area contributed by atoms with Crippen molar-refractivity contribution >= 4 is 12.0 Å². The van der Waals surface area contributed by atoms with Gasteiger partial charge >= 0.3 is 5.97 Å². The van der Waals surface area contributed by atoms with Gasteiger partial charge in [0.25, 0.3) is 0 Å². The maximum Gasteiger partial charge on any atom is 0.331 e. The van der Waals surface area contributed by atoms with E-state index in [-0.39, 0.29) is 23.4 Å². The highest BCUT2D eigenvalue weighted by atomic mass is 16.5. The average Bonchev–Trinajstić information content (AvgIpc) is 3.14. The molecule has 4 N–H and O–H groups in total. The van der Waals surface area contributed by atoms with Crippen LogP contribution < -0.4 is 0 Å². The Labute approximate surface area is 213 Å². The monoisotopic (exact) mass is 496 g/mol. The lowest BCUT2D eigenvalue weighted by Crippen LogP contribution is -2.75. The van der Waals surface area contributed by atoms with Gasteiger partial charge in [0.2, 0.25) is 0 Å². The van der Waals surface area contributed by atoms with Crippen LogP contribution in [0.5, 0.6) is 0 Å². The van der Waals surface area contributed by atoms with Crippen molar-refractivity contribution in [2.75, 3.05) is 0 Å². The van der Waals surface area contributed by atoms with Gasteiger partial charge in [-0.3, -0.25) is 0 Å². The lowest BCUT2D eigenvalue weighted by molar-refractivity contribution is -0.303. The lowest BCUT2D eigenvalue weighted by Gasteiger charge is -2.66. The van der Waals surface area contributed by atoms with E-state index in [1.807, 2.05) is 50.3 Å². The van der Waals surface area contributed by atoms with Gasteiger partial charge in [0.15, 0.2) is 0 Å². The number of fused-ring (bicyclic) bond motifs is 5. The summed E-state index contributed by atoms with van der Waals surface area (Å²) < 4.78 is 5.78. The molecule has 4 aliphatic carbocycles.